The summed E-state index contributed by atoms with van der Waals surface area (Å²) in [5.41, 5.74) is 1.30. The molecule has 0 saturated heterocycles. The van der Waals surface area contributed by atoms with E-state index in [0.717, 1.165) is 0 Å². The van der Waals surface area contributed by atoms with Gasteiger partial charge in [0, 0.05) is 11.1 Å². The summed E-state index contributed by atoms with van der Waals surface area (Å²) in [5, 5.41) is 9.87. The summed E-state index contributed by atoms with van der Waals surface area (Å²) in [6, 6.07) is 15.0. The van der Waals surface area contributed by atoms with Crippen LogP contribution in [0.2, 0.25) is 0 Å². The molecule has 2 aromatic carbocycles. The lowest BCUT2D eigenvalue weighted by atomic mass is 10.0. The Labute approximate surface area is 181 Å². The Kier molecular flexibility index (Phi) is 9.87. The summed E-state index contributed by atoms with van der Waals surface area (Å²) in [7, 11) is 0. The Morgan fingerprint density at radius 3 is 2.10 bits per heavy atom. The van der Waals surface area contributed by atoms with Crippen LogP contribution in [0.4, 0.5) is 0 Å². The van der Waals surface area contributed by atoms with Gasteiger partial charge >= 0.3 is 11.9 Å². The molecule has 2 unspecified atom stereocenters. The lowest BCUT2D eigenvalue weighted by Gasteiger charge is -2.13. The number of ether oxygens (including phenoxy) is 3. The number of aliphatic hydroxyl groups excluding tert-OH is 1. The van der Waals surface area contributed by atoms with Crippen molar-refractivity contribution in [2.45, 2.75) is 26.4 Å². The molecule has 1 N–H and O–H groups in total. The highest BCUT2D eigenvalue weighted by Crippen LogP contribution is 2.12. The van der Waals surface area contributed by atoms with Crippen LogP contribution in [0.15, 0.2) is 54.6 Å². The Bertz CT molecular complexity index is 846. The molecule has 0 radical (unpaired) electrons. The Morgan fingerprint density at radius 2 is 1.45 bits per heavy atom. The molecule has 0 aliphatic heterocycles. The molecular formula is C24H28O7. The fourth-order valence-electron chi connectivity index (χ4n) is 2.55. The zero-order valence-corrected chi connectivity index (χ0v) is 17.8. The second-order valence-electron chi connectivity index (χ2n) is 7.08. The first-order chi connectivity index (χ1) is 14.9. The highest BCUT2D eigenvalue weighted by Gasteiger charge is 2.14. The highest BCUT2D eigenvalue weighted by molar-refractivity contribution is 6.09. The maximum atomic E-state index is 12.4. The number of hydrogen-bond acceptors (Lipinski definition) is 7. The van der Waals surface area contributed by atoms with E-state index in [1.165, 1.54) is 12.1 Å². The van der Waals surface area contributed by atoms with E-state index in [0.29, 0.717) is 17.5 Å². The maximum Gasteiger partial charge on any atom is 0.338 e. The first-order valence-electron chi connectivity index (χ1n) is 10.2. The number of hydrogen-bond donors (Lipinski definition) is 1. The second-order valence-corrected chi connectivity index (χ2v) is 7.08. The van der Waals surface area contributed by atoms with Crippen molar-refractivity contribution in [3.63, 3.8) is 0 Å². The normalized spacial score (nSPS) is 12.6. The summed E-state index contributed by atoms with van der Waals surface area (Å²) in [6.45, 7) is 3.64. The van der Waals surface area contributed by atoms with Crippen molar-refractivity contribution in [2.75, 3.05) is 26.4 Å². The first kappa shape index (κ1) is 24.2. The first-order valence-corrected chi connectivity index (χ1v) is 10.2. The van der Waals surface area contributed by atoms with Gasteiger partial charge in [-0.1, -0.05) is 56.3 Å². The van der Waals surface area contributed by atoms with E-state index in [4.69, 9.17) is 14.2 Å². The monoisotopic (exact) mass is 428 g/mol. The smallest absolute Gasteiger partial charge is 0.338 e. The van der Waals surface area contributed by atoms with Crippen molar-refractivity contribution in [2.24, 2.45) is 5.92 Å². The number of esters is 2. The van der Waals surface area contributed by atoms with Crippen molar-refractivity contribution in [1.29, 1.82) is 0 Å². The van der Waals surface area contributed by atoms with Crippen LogP contribution in [-0.4, -0.2) is 55.4 Å². The number of carbonyl (C=O) groups is 3. The molecule has 0 aliphatic rings. The predicted octanol–water partition coefficient (Wildman–Crippen LogP) is 3.04. The van der Waals surface area contributed by atoms with Gasteiger partial charge < -0.3 is 19.3 Å². The lowest BCUT2D eigenvalue weighted by Crippen LogP contribution is -2.25. The molecule has 0 heterocycles. The molecule has 0 spiro atoms. The summed E-state index contributed by atoms with van der Waals surface area (Å²) in [6.07, 6.45) is -0.302. The van der Waals surface area contributed by atoms with Crippen LogP contribution in [-0.2, 0) is 19.0 Å². The van der Waals surface area contributed by atoms with Gasteiger partial charge in [0.15, 0.2) is 5.78 Å². The summed E-state index contributed by atoms with van der Waals surface area (Å²) in [4.78, 5) is 36.0. The number of ketones is 1. The van der Waals surface area contributed by atoms with Crippen LogP contribution in [0, 0.1) is 5.92 Å². The third-order valence-electron chi connectivity index (χ3n) is 4.62. The van der Waals surface area contributed by atoms with Gasteiger partial charge in [-0.25, -0.2) is 4.79 Å². The van der Waals surface area contributed by atoms with Gasteiger partial charge in [0.1, 0.15) is 19.3 Å². The van der Waals surface area contributed by atoms with Crippen LogP contribution in [0.5, 0.6) is 0 Å². The van der Waals surface area contributed by atoms with E-state index in [-0.39, 0.29) is 49.7 Å². The van der Waals surface area contributed by atoms with Crippen molar-refractivity contribution in [3.05, 3.63) is 71.3 Å². The minimum absolute atomic E-state index is 0.0569. The predicted molar refractivity (Wildman–Crippen MR) is 114 cm³/mol. The number of benzene rings is 2. The molecule has 0 bridgehead atoms. The van der Waals surface area contributed by atoms with Gasteiger partial charge in [0.2, 0.25) is 0 Å². The zero-order chi connectivity index (χ0) is 22.6. The second kappa shape index (κ2) is 12.6. The topological polar surface area (TPSA) is 99.1 Å². The molecule has 7 nitrogen and oxygen atoms in total. The van der Waals surface area contributed by atoms with Gasteiger partial charge in [-0.2, -0.15) is 0 Å². The number of carbonyl (C=O) groups excluding carboxylic acids is 3. The highest BCUT2D eigenvalue weighted by atomic mass is 16.6. The van der Waals surface area contributed by atoms with Crippen LogP contribution in [0.1, 0.15) is 46.5 Å². The molecular weight excluding hydrogens is 400 g/mol. The van der Waals surface area contributed by atoms with Crippen molar-refractivity contribution in [3.8, 4) is 0 Å². The van der Waals surface area contributed by atoms with Gasteiger partial charge in [0.25, 0.3) is 0 Å². The Balaban J connectivity index is 1.69. The summed E-state index contributed by atoms with van der Waals surface area (Å²) < 4.78 is 15.3. The van der Waals surface area contributed by atoms with E-state index in [9.17, 15) is 19.5 Å². The van der Waals surface area contributed by atoms with Gasteiger partial charge in [-0.15, -0.1) is 0 Å². The van der Waals surface area contributed by atoms with E-state index >= 15 is 0 Å². The van der Waals surface area contributed by atoms with Crippen molar-refractivity contribution >= 4 is 17.7 Å². The average Bonchev–Trinajstić information content (AvgIpc) is 2.81. The van der Waals surface area contributed by atoms with E-state index in [1.807, 2.05) is 13.0 Å². The zero-order valence-electron chi connectivity index (χ0n) is 17.8. The Hall–Kier alpha value is -3.03. The molecule has 2 rings (SSSR count). The molecule has 0 saturated carbocycles. The fourth-order valence-corrected chi connectivity index (χ4v) is 2.55. The average molecular weight is 428 g/mol. The number of aliphatic hydroxyl groups is 1. The van der Waals surface area contributed by atoms with Gasteiger partial charge in [-0.05, 0) is 18.6 Å². The van der Waals surface area contributed by atoms with Crippen LogP contribution >= 0.6 is 0 Å². The van der Waals surface area contributed by atoms with E-state index < -0.39 is 12.1 Å². The molecule has 0 aromatic heterocycles. The molecule has 31 heavy (non-hydrogen) atoms. The standard InChI is InChI=1S/C24H28O7/c1-3-17(2)23(27)30-14-13-29-15-21(25)16-31-24(28)20-11-9-19(10-12-20)22(26)18-7-5-4-6-8-18/h4-12,17,21,25H,3,13-16H2,1-2H3. The van der Waals surface area contributed by atoms with E-state index in [2.05, 4.69) is 0 Å². The fraction of sp³-hybridized carbons (Fsp3) is 0.375. The SMILES string of the molecule is CCC(C)C(=O)OCCOCC(O)COC(=O)c1ccc(C(=O)c2ccccc2)cc1. The van der Waals surface area contributed by atoms with E-state index in [1.54, 1.807) is 43.3 Å². The molecule has 2 aromatic rings. The summed E-state index contributed by atoms with van der Waals surface area (Å²) >= 11 is 0. The quantitative estimate of drug-likeness (QED) is 0.315. The molecule has 0 fully saturated rings. The molecule has 0 amide bonds. The lowest BCUT2D eigenvalue weighted by molar-refractivity contribution is -0.149. The molecule has 166 valence electrons. The molecule has 2 atom stereocenters. The Morgan fingerprint density at radius 1 is 0.839 bits per heavy atom. The van der Waals surface area contributed by atoms with Gasteiger partial charge in [0.05, 0.1) is 24.7 Å². The molecule has 7 heteroatoms. The van der Waals surface area contributed by atoms with Crippen LogP contribution in [0.3, 0.4) is 0 Å². The maximum absolute atomic E-state index is 12.4. The number of rotatable bonds is 12. The minimum Gasteiger partial charge on any atom is -0.463 e. The third-order valence-corrected chi connectivity index (χ3v) is 4.62. The van der Waals surface area contributed by atoms with Crippen molar-refractivity contribution < 1.29 is 33.7 Å². The largest absolute Gasteiger partial charge is 0.463 e. The molecule has 0 aliphatic carbocycles. The van der Waals surface area contributed by atoms with Crippen LogP contribution in [0.25, 0.3) is 0 Å². The summed E-state index contributed by atoms with van der Waals surface area (Å²) in [5.74, 6) is -1.18. The van der Waals surface area contributed by atoms with Crippen molar-refractivity contribution in [1.82, 2.24) is 0 Å². The van der Waals surface area contributed by atoms with Crippen LogP contribution < -0.4 is 0 Å². The minimum atomic E-state index is -1.01. The van der Waals surface area contributed by atoms with Gasteiger partial charge in [-0.3, -0.25) is 9.59 Å². The third kappa shape index (κ3) is 7.96.